The highest BCUT2D eigenvalue weighted by atomic mass is 15.3. The van der Waals surface area contributed by atoms with E-state index in [0.717, 1.165) is 19.5 Å². The zero-order valence-electron chi connectivity index (χ0n) is 10.7. The number of rotatable bonds is 5. The molecule has 0 aliphatic heterocycles. The van der Waals surface area contributed by atoms with Crippen molar-refractivity contribution in [1.29, 1.82) is 0 Å². The van der Waals surface area contributed by atoms with E-state index in [-0.39, 0.29) is 0 Å². The molecule has 17 heavy (non-hydrogen) atoms. The second-order valence-corrected chi connectivity index (χ2v) is 4.20. The van der Waals surface area contributed by atoms with Gasteiger partial charge in [-0.2, -0.15) is 10.2 Å². The molecule has 91 valence electrons. The van der Waals surface area contributed by atoms with Crippen LogP contribution in [-0.4, -0.2) is 19.6 Å². The summed E-state index contributed by atoms with van der Waals surface area (Å²) in [5.41, 5.74) is 2.34. The molecule has 4 nitrogen and oxygen atoms in total. The molecule has 0 saturated heterocycles. The molecule has 2 aromatic heterocycles. The van der Waals surface area contributed by atoms with Gasteiger partial charge >= 0.3 is 0 Å². The molecule has 2 rings (SSSR count). The van der Waals surface area contributed by atoms with Crippen molar-refractivity contribution in [2.24, 2.45) is 0 Å². The Bertz CT molecular complexity index is 469. The van der Waals surface area contributed by atoms with Crippen LogP contribution in [-0.2, 0) is 13.1 Å². The van der Waals surface area contributed by atoms with Crippen molar-refractivity contribution >= 4 is 0 Å². The van der Waals surface area contributed by atoms with E-state index in [9.17, 15) is 0 Å². The zero-order valence-corrected chi connectivity index (χ0v) is 10.7. The van der Waals surface area contributed by atoms with Crippen LogP contribution in [0.25, 0.3) is 0 Å². The molecule has 0 aliphatic carbocycles. The molecule has 0 amide bonds. The minimum Gasteiger partial charge on any atom is -0.273 e. The van der Waals surface area contributed by atoms with Gasteiger partial charge in [-0.05, 0) is 20.3 Å². The summed E-state index contributed by atoms with van der Waals surface area (Å²) in [5.74, 6) is 1.23. The number of aromatic nitrogens is 4. The molecule has 0 saturated carbocycles. The average molecular weight is 231 g/mol. The van der Waals surface area contributed by atoms with Crippen molar-refractivity contribution < 1.29 is 0 Å². The third kappa shape index (κ3) is 2.57. The maximum atomic E-state index is 4.35. The molecular weight excluding hydrogens is 212 g/mol. The van der Waals surface area contributed by atoms with Gasteiger partial charge in [-0.1, -0.05) is 6.92 Å². The Kier molecular flexibility index (Phi) is 3.61. The van der Waals surface area contributed by atoms with Gasteiger partial charge in [0.2, 0.25) is 0 Å². The van der Waals surface area contributed by atoms with E-state index in [1.165, 1.54) is 17.0 Å². The summed E-state index contributed by atoms with van der Waals surface area (Å²) in [6.45, 7) is 8.24. The fraction of sp³-hybridized carbons (Fsp3) is 0.462. The molecule has 0 aliphatic rings. The summed E-state index contributed by atoms with van der Waals surface area (Å²) in [6.07, 6.45) is 9.12. The summed E-state index contributed by atoms with van der Waals surface area (Å²) in [4.78, 5) is 0. The standard InChI is InChI=1S/C13H19N4/c1-4-6-17-10-13(8-15-17)11(3)12-7-14-16(5-2)9-12/h7-10H,4-6H2,1-3H3. The van der Waals surface area contributed by atoms with Gasteiger partial charge < -0.3 is 0 Å². The lowest BCUT2D eigenvalue weighted by molar-refractivity contribution is 0.602. The molecule has 2 heterocycles. The molecule has 0 unspecified atom stereocenters. The van der Waals surface area contributed by atoms with Crippen molar-refractivity contribution in [3.05, 3.63) is 41.8 Å². The zero-order chi connectivity index (χ0) is 12.3. The molecule has 0 atom stereocenters. The SMILES string of the molecule is CCCn1cc([C](C)c2cnn(CC)c2)cn1. The van der Waals surface area contributed by atoms with Gasteiger partial charge in [0.25, 0.3) is 0 Å². The summed E-state index contributed by atoms with van der Waals surface area (Å²) < 4.78 is 3.93. The van der Waals surface area contributed by atoms with Crippen LogP contribution in [0.5, 0.6) is 0 Å². The van der Waals surface area contributed by atoms with Gasteiger partial charge in [-0.15, -0.1) is 0 Å². The molecule has 0 bridgehead atoms. The highest BCUT2D eigenvalue weighted by Gasteiger charge is 2.13. The molecule has 0 aromatic carbocycles. The molecule has 0 spiro atoms. The first kappa shape index (κ1) is 11.9. The highest BCUT2D eigenvalue weighted by molar-refractivity contribution is 5.40. The highest BCUT2D eigenvalue weighted by Crippen LogP contribution is 2.21. The maximum Gasteiger partial charge on any atom is 0.0531 e. The Morgan fingerprint density at radius 1 is 1.06 bits per heavy atom. The van der Waals surface area contributed by atoms with Crippen molar-refractivity contribution in [3.63, 3.8) is 0 Å². The summed E-state index contributed by atoms with van der Waals surface area (Å²) >= 11 is 0. The van der Waals surface area contributed by atoms with Crippen molar-refractivity contribution in [2.75, 3.05) is 0 Å². The molecule has 0 fully saturated rings. The van der Waals surface area contributed by atoms with E-state index in [1.54, 1.807) is 0 Å². The fourth-order valence-electron chi connectivity index (χ4n) is 1.81. The Balaban J connectivity index is 2.14. The van der Waals surface area contributed by atoms with Gasteiger partial charge in [0.05, 0.1) is 12.4 Å². The van der Waals surface area contributed by atoms with Crippen LogP contribution in [0.15, 0.2) is 24.8 Å². The first-order chi connectivity index (χ1) is 8.24. The van der Waals surface area contributed by atoms with Crippen molar-refractivity contribution in [3.8, 4) is 0 Å². The molecule has 4 heteroatoms. The average Bonchev–Trinajstić information content (AvgIpc) is 2.97. The lowest BCUT2D eigenvalue weighted by Gasteiger charge is -2.04. The van der Waals surface area contributed by atoms with E-state index in [2.05, 4.69) is 43.4 Å². The largest absolute Gasteiger partial charge is 0.273 e. The Labute approximate surface area is 102 Å². The minimum absolute atomic E-state index is 0.905. The second-order valence-electron chi connectivity index (χ2n) is 4.20. The molecular formula is C13H19N4. The second kappa shape index (κ2) is 5.17. The van der Waals surface area contributed by atoms with Crippen LogP contribution in [0, 0.1) is 5.92 Å². The topological polar surface area (TPSA) is 35.6 Å². The first-order valence-corrected chi connectivity index (χ1v) is 6.13. The van der Waals surface area contributed by atoms with E-state index in [1.807, 2.05) is 21.8 Å². The number of hydrogen-bond donors (Lipinski definition) is 0. The van der Waals surface area contributed by atoms with Gasteiger partial charge in [-0.3, -0.25) is 9.36 Å². The predicted molar refractivity (Wildman–Crippen MR) is 67.5 cm³/mol. The van der Waals surface area contributed by atoms with Crippen molar-refractivity contribution in [1.82, 2.24) is 19.6 Å². The van der Waals surface area contributed by atoms with Crippen LogP contribution < -0.4 is 0 Å². The predicted octanol–water partition coefficient (Wildman–Crippen LogP) is 2.50. The Morgan fingerprint density at radius 3 is 2.18 bits per heavy atom. The van der Waals surface area contributed by atoms with Gasteiger partial charge in [0.15, 0.2) is 0 Å². The number of aryl methyl sites for hydroxylation is 2. The Morgan fingerprint density at radius 2 is 1.65 bits per heavy atom. The molecule has 2 aromatic rings. The van der Waals surface area contributed by atoms with Crippen LogP contribution in [0.2, 0.25) is 0 Å². The normalized spacial score (nSPS) is 11.3. The fourth-order valence-corrected chi connectivity index (χ4v) is 1.81. The lowest BCUT2D eigenvalue weighted by Crippen LogP contribution is -1.97. The van der Waals surface area contributed by atoms with Crippen LogP contribution in [0.4, 0.5) is 0 Å². The van der Waals surface area contributed by atoms with E-state index < -0.39 is 0 Å². The quantitative estimate of drug-likeness (QED) is 0.792. The number of hydrogen-bond acceptors (Lipinski definition) is 2. The smallest absolute Gasteiger partial charge is 0.0531 e. The van der Waals surface area contributed by atoms with Crippen LogP contribution in [0.1, 0.15) is 38.3 Å². The first-order valence-electron chi connectivity index (χ1n) is 6.13. The lowest BCUT2D eigenvalue weighted by atomic mass is 9.99. The van der Waals surface area contributed by atoms with Gasteiger partial charge in [-0.25, -0.2) is 0 Å². The third-order valence-corrected chi connectivity index (χ3v) is 2.91. The summed E-state index contributed by atoms with van der Waals surface area (Å²) in [6, 6.07) is 0. The monoisotopic (exact) mass is 231 g/mol. The van der Waals surface area contributed by atoms with Gasteiger partial charge in [0.1, 0.15) is 0 Å². The van der Waals surface area contributed by atoms with Crippen LogP contribution in [0.3, 0.4) is 0 Å². The van der Waals surface area contributed by atoms with Gasteiger partial charge in [0, 0.05) is 42.5 Å². The third-order valence-electron chi connectivity index (χ3n) is 2.91. The summed E-state index contributed by atoms with van der Waals surface area (Å²) in [7, 11) is 0. The van der Waals surface area contributed by atoms with Crippen molar-refractivity contribution in [2.45, 2.75) is 40.3 Å². The Hall–Kier alpha value is -1.58. The maximum absolute atomic E-state index is 4.35. The van der Waals surface area contributed by atoms with E-state index >= 15 is 0 Å². The molecule has 1 radical (unpaired) electrons. The molecule has 0 N–H and O–H groups in total. The van der Waals surface area contributed by atoms with E-state index in [4.69, 9.17) is 0 Å². The summed E-state index contributed by atoms with van der Waals surface area (Å²) in [5, 5.41) is 8.64. The minimum atomic E-state index is 0.905. The van der Waals surface area contributed by atoms with E-state index in [0.29, 0.717) is 0 Å². The number of nitrogens with zero attached hydrogens (tertiary/aromatic N) is 4. The van der Waals surface area contributed by atoms with Crippen LogP contribution >= 0.6 is 0 Å².